The molecule has 1 aliphatic carbocycles. The first-order valence-electron chi connectivity index (χ1n) is 5.99. The van der Waals surface area contributed by atoms with Gasteiger partial charge in [0.15, 0.2) is 0 Å². The molecular weight excluding hydrogens is 202 g/mol. The van der Waals surface area contributed by atoms with Crippen molar-refractivity contribution in [3.8, 4) is 0 Å². The van der Waals surface area contributed by atoms with Crippen molar-refractivity contribution in [1.29, 1.82) is 0 Å². The molecule has 1 aromatic heterocycles. The fraction of sp³-hybridized carbons (Fsp3) is 0.692. The van der Waals surface area contributed by atoms with E-state index in [9.17, 15) is 0 Å². The first kappa shape index (κ1) is 11.2. The van der Waals surface area contributed by atoms with Gasteiger partial charge >= 0.3 is 0 Å². The summed E-state index contributed by atoms with van der Waals surface area (Å²) < 4.78 is 0. The van der Waals surface area contributed by atoms with E-state index in [0.717, 1.165) is 6.42 Å². The molecule has 1 heterocycles. The lowest BCUT2D eigenvalue weighted by molar-refractivity contribution is 0.169. The zero-order valence-electron chi connectivity index (χ0n) is 9.54. The summed E-state index contributed by atoms with van der Waals surface area (Å²) in [5.74, 6) is 0. The second-order valence-electron chi connectivity index (χ2n) is 5.10. The van der Waals surface area contributed by atoms with Crippen LogP contribution in [0.3, 0.4) is 0 Å². The van der Waals surface area contributed by atoms with Crippen molar-refractivity contribution in [2.45, 2.75) is 51.5 Å². The van der Waals surface area contributed by atoms with Crippen LogP contribution in [0, 0.1) is 5.41 Å². The highest BCUT2D eigenvalue weighted by molar-refractivity contribution is 7.09. The van der Waals surface area contributed by atoms with Crippen molar-refractivity contribution in [2.75, 3.05) is 0 Å². The van der Waals surface area contributed by atoms with Crippen LogP contribution in [-0.4, -0.2) is 6.04 Å². The van der Waals surface area contributed by atoms with Crippen molar-refractivity contribution in [1.82, 2.24) is 0 Å². The third-order valence-electron chi connectivity index (χ3n) is 3.89. The summed E-state index contributed by atoms with van der Waals surface area (Å²) in [6.07, 6.45) is 7.85. The molecule has 1 atom stereocenters. The Kier molecular flexibility index (Phi) is 3.47. The lowest BCUT2D eigenvalue weighted by atomic mass is 9.70. The maximum Gasteiger partial charge on any atom is 0.0141 e. The Bertz CT molecular complexity index is 285. The molecule has 0 amide bonds. The highest BCUT2D eigenvalue weighted by atomic mass is 32.1. The molecule has 1 aliphatic rings. The fourth-order valence-corrected chi connectivity index (χ4v) is 3.39. The van der Waals surface area contributed by atoms with E-state index in [4.69, 9.17) is 5.73 Å². The smallest absolute Gasteiger partial charge is 0.0141 e. The van der Waals surface area contributed by atoms with E-state index in [1.54, 1.807) is 0 Å². The van der Waals surface area contributed by atoms with Crippen LogP contribution >= 0.6 is 11.3 Å². The van der Waals surface area contributed by atoms with Crippen LogP contribution in [0.2, 0.25) is 0 Å². The van der Waals surface area contributed by atoms with E-state index in [2.05, 4.69) is 24.4 Å². The predicted molar refractivity (Wildman–Crippen MR) is 67.2 cm³/mol. The van der Waals surface area contributed by atoms with Crippen molar-refractivity contribution < 1.29 is 0 Å². The van der Waals surface area contributed by atoms with Gasteiger partial charge in [-0.1, -0.05) is 32.3 Å². The SMILES string of the molecule is CC1(C(N)Cc2cccs2)CCCCC1. The minimum Gasteiger partial charge on any atom is -0.327 e. The van der Waals surface area contributed by atoms with Crippen LogP contribution in [0.5, 0.6) is 0 Å². The highest BCUT2D eigenvalue weighted by Gasteiger charge is 2.33. The molecule has 1 nitrogen and oxygen atoms in total. The lowest BCUT2D eigenvalue weighted by Crippen LogP contribution is -2.42. The van der Waals surface area contributed by atoms with E-state index in [0.29, 0.717) is 11.5 Å². The third-order valence-corrected chi connectivity index (χ3v) is 4.79. The third kappa shape index (κ3) is 2.61. The molecule has 2 heteroatoms. The Morgan fingerprint density at radius 3 is 2.73 bits per heavy atom. The van der Waals surface area contributed by atoms with Gasteiger partial charge in [-0.3, -0.25) is 0 Å². The number of nitrogens with two attached hydrogens (primary N) is 1. The summed E-state index contributed by atoms with van der Waals surface area (Å²) in [5, 5.41) is 2.14. The number of hydrogen-bond donors (Lipinski definition) is 1. The highest BCUT2D eigenvalue weighted by Crippen LogP contribution is 2.39. The second-order valence-corrected chi connectivity index (χ2v) is 6.14. The lowest BCUT2D eigenvalue weighted by Gasteiger charge is -2.38. The van der Waals surface area contributed by atoms with Crippen LogP contribution < -0.4 is 5.73 Å². The molecular formula is C13H21NS. The van der Waals surface area contributed by atoms with Crippen LogP contribution in [0.4, 0.5) is 0 Å². The zero-order valence-corrected chi connectivity index (χ0v) is 10.4. The van der Waals surface area contributed by atoms with E-state index in [-0.39, 0.29) is 0 Å². The van der Waals surface area contributed by atoms with Gasteiger partial charge in [-0.15, -0.1) is 11.3 Å². The van der Waals surface area contributed by atoms with Gasteiger partial charge < -0.3 is 5.73 Å². The summed E-state index contributed by atoms with van der Waals surface area (Å²) in [6, 6.07) is 4.67. The molecule has 0 spiro atoms. The Hall–Kier alpha value is -0.340. The average Bonchev–Trinajstić information content (AvgIpc) is 2.71. The monoisotopic (exact) mass is 223 g/mol. The predicted octanol–water partition coefficient (Wildman–Crippen LogP) is 3.59. The summed E-state index contributed by atoms with van der Waals surface area (Å²) in [6.45, 7) is 2.38. The van der Waals surface area contributed by atoms with Gasteiger partial charge in [0.1, 0.15) is 0 Å². The van der Waals surface area contributed by atoms with Crippen LogP contribution in [-0.2, 0) is 6.42 Å². The Labute approximate surface area is 96.7 Å². The largest absolute Gasteiger partial charge is 0.327 e. The summed E-state index contributed by atoms with van der Waals surface area (Å²) in [4.78, 5) is 1.44. The van der Waals surface area contributed by atoms with Crippen molar-refractivity contribution >= 4 is 11.3 Å². The quantitative estimate of drug-likeness (QED) is 0.832. The average molecular weight is 223 g/mol. The van der Waals surface area contributed by atoms with Crippen LogP contribution in [0.1, 0.15) is 43.9 Å². The van der Waals surface area contributed by atoms with E-state index < -0.39 is 0 Å². The van der Waals surface area contributed by atoms with E-state index >= 15 is 0 Å². The van der Waals surface area contributed by atoms with E-state index in [1.807, 2.05) is 11.3 Å². The first-order chi connectivity index (χ1) is 7.21. The van der Waals surface area contributed by atoms with Gasteiger partial charge in [-0.2, -0.15) is 0 Å². The normalized spacial score (nSPS) is 22.5. The maximum atomic E-state index is 6.38. The van der Waals surface area contributed by atoms with Crippen molar-refractivity contribution in [3.05, 3.63) is 22.4 Å². The number of thiophene rings is 1. The molecule has 0 bridgehead atoms. The standard InChI is InChI=1S/C13H21NS/c1-13(7-3-2-4-8-13)12(14)10-11-6-5-9-15-11/h5-6,9,12H,2-4,7-8,10,14H2,1H3. The fourth-order valence-electron chi connectivity index (χ4n) is 2.62. The van der Waals surface area contributed by atoms with Crippen LogP contribution in [0.15, 0.2) is 17.5 Å². The Morgan fingerprint density at radius 1 is 1.40 bits per heavy atom. The molecule has 0 radical (unpaired) electrons. The van der Waals surface area contributed by atoms with Crippen molar-refractivity contribution in [3.63, 3.8) is 0 Å². The molecule has 2 N–H and O–H groups in total. The molecule has 15 heavy (non-hydrogen) atoms. The summed E-state index contributed by atoms with van der Waals surface area (Å²) in [5.41, 5.74) is 6.77. The Morgan fingerprint density at radius 2 is 2.13 bits per heavy atom. The minimum atomic E-state index is 0.344. The topological polar surface area (TPSA) is 26.0 Å². The maximum absolute atomic E-state index is 6.38. The summed E-state index contributed by atoms with van der Waals surface area (Å²) >= 11 is 1.83. The van der Waals surface area contributed by atoms with Gasteiger partial charge in [0.25, 0.3) is 0 Å². The van der Waals surface area contributed by atoms with Gasteiger partial charge in [-0.25, -0.2) is 0 Å². The molecule has 1 unspecified atom stereocenters. The number of hydrogen-bond acceptors (Lipinski definition) is 2. The number of rotatable bonds is 3. The molecule has 1 saturated carbocycles. The molecule has 0 aromatic carbocycles. The van der Waals surface area contributed by atoms with E-state index in [1.165, 1.54) is 37.0 Å². The van der Waals surface area contributed by atoms with Crippen LogP contribution in [0.25, 0.3) is 0 Å². The minimum absolute atomic E-state index is 0.344. The van der Waals surface area contributed by atoms with Gasteiger partial charge in [0.2, 0.25) is 0 Å². The molecule has 1 aromatic rings. The summed E-state index contributed by atoms with van der Waals surface area (Å²) in [7, 11) is 0. The second kappa shape index (κ2) is 4.67. The van der Waals surface area contributed by atoms with Gasteiger partial charge in [-0.05, 0) is 36.1 Å². The van der Waals surface area contributed by atoms with Crippen molar-refractivity contribution in [2.24, 2.45) is 11.1 Å². The first-order valence-corrected chi connectivity index (χ1v) is 6.87. The molecule has 0 saturated heterocycles. The Balaban J connectivity index is 1.97. The van der Waals surface area contributed by atoms with Gasteiger partial charge in [0, 0.05) is 10.9 Å². The van der Waals surface area contributed by atoms with Gasteiger partial charge in [0.05, 0.1) is 0 Å². The zero-order chi connectivity index (χ0) is 10.7. The molecule has 0 aliphatic heterocycles. The molecule has 1 fully saturated rings. The molecule has 84 valence electrons. The molecule has 2 rings (SSSR count).